The van der Waals surface area contributed by atoms with E-state index in [0.29, 0.717) is 0 Å². The minimum atomic E-state index is -0.872. The van der Waals surface area contributed by atoms with E-state index in [1.165, 1.54) is 58.5 Å². The molecule has 0 fully saturated rings. The number of ether oxygens (including phenoxy) is 2. The second-order valence-corrected chi connectivity index (χ2v) is 7.85. The molecule has 0 saturated heterocycles. The fourth-order valence-corrected chi connectivity index (χ4v) is 3.11. The van der Waals surface area contributed by atoms with E-state index < -0.39 is 23.9 Å². The van der Waals surface area contributed by atoms with Gasteiger partial charge in [0, 0.05) is 12.8 Å². The number of hydrogen-bond acceptors (Lipinski definition) is 6. The van der Waals surface area contributed by atoms with Crippen molar-refractivity contribution in [2.45, 2.75) is 116 Å². The monoisotopic (exact) mass is 449 g/mol. The molecule has 7 heteroatoms. The molecule has 0 aromatic heterocycles. The molecular formula is C24H44NNaO5. The van der Waals surface area contributed by atoms with Crippen LogP contribution >= 0.6 is 0 Å². The van der Waals surface area contributed by atoms with Crippen LogP contribution in [0.1, 0.15) is 110 Å². The van der Waals surface area contributed by atoms with E-state index in [1.54, 1.807) is 0 Å². The zero-order chi connectivity index (χ0) is 22.5. The van der Waals surface area contributed by atoms with Gasteiger partial charge in [0.1, 0.15) is 6.04 Å². The van der Waals surface area contributed by atoms with Gasteiger partial charge in [0.15, 0.2) is 0 Å². The Kier molecular flexibility index (Phi) is 25.1. The first kappa shape index (κ1) is 32.5. The molecule has 0 amide bonds. The summed E-state index contributed by atoms with van der Waals surface area (Å²) in [6, 6.07) is -0.872. The van der Waals surface area contributed by atoms with Gasteiger partial charge in [0.25, 0.3) is 0 Å². The summed E-state index contributed by atoms with van der Waals surface area (Å²) < 4.78 is 9.21. The van der Waals surface area contributed by atoms with Gasteiger partial charge < -0.3 is 15.2 Å². The average Bonchev–Trinajstić information content (AvgIpc) is 2.74. The third kappa shape index (κ3) is 22.3. The van der Waals surface area contributed by atoms with Crippen molar-refractivity contribution in [1.29, 1.82) is 0 Å². The molecule has 2 N–H and O–H groups in total. The van der Waals surface area contributed by atoms with Crippen molar-refractivity contribution in [3.63, 3.8) is 0 Å². The fraction of sp³-hybridized carbons (Fsp3) is 0.792. The first-order valence-electron chi connectivity index (χ1n) is 11.7. The maximum atomic E-state index is 11.6. The summed E-state index contributed by atoms with van der Waals surface area (Å²) in [7, 11) is 1.23. The number of esters is 3. The quantitative estimate of drug-likeness (QED) is 0.101. The second-order valence-electron chi connectivity index (χ2n) is 7.85. The predicted octanol–water partition coefficient (Wildman–Crippen LogP) is 4.73. The molecule has 176 valence electrons. The first-order chi connectivity index (χ1) is 14.5. The Labute approximate surface area is 211 Å². The molecule has 0 rings (SSSR count). The van der Waals surface area contributed by atoms with Crippen molar-refractivity contribution < 1.29 is 23.9 Å². The number of hydrogen-bond donors (Lipinski definition) is 1. The van der Waals surface area contributed by atoms with Crippen LogP contribution in [0, 0.1) is 0 Å². The third-order valence-electron chi connectivity index (χ3n) is 5.03. The van der Waals surface area contributed by atoms with E-state index in [2.05, 4.69) is 23.8 Å². The molecular weight excluding hydrogens is 405 g/mol. The Morgan fingerprint density at radius 1 is 0.774 bits per heavy atom. The summed E-state index contributed by atoms with van der Waals surface area (Å²) in [5, 5.41) is 0. The van der Waals surface area contributed by atoms with Gasteiger partial charge in [-0.1, -0.05) is 70.4 Å². The van der Waals surface area contributed by atoms with Gasteiger partial charge in [-0.15, -0.1) is 0 Å². The molecule has 6 nitrogen and oxygen atoms in total. The number of allylic oxidation sites excluding steroid dienone is 2. The van der Waals surface area contributed by atoms with Crippen molar-refractivity contribution in [2.75, 3.05) is 7.11 Å². The number of unbranched alkanes of at least 4 members (excludes halogenated alkanes) is 11. The summed E-state index contributed by atoms with van der Waals surface area (Å²) in [6.45, 7) is 2.25. The summed E-state index contributed by atoms with van der Waals surface area (Å²) >= 11 is 0. The molecule has 0 unspecified atom stereocenters. The molecule has 1 atom stereocenters. The fourth-order valence-electron chi connectivity index (χ4n) is 3.11. The van der Waals surface area contributed by atoms with Gasteiger partial charge in [-0.2, -0.15) is 0 Å². The molecule has 0 heterocycles. The molecule has 0 aliphatic carbocycles. The van der Waals surface area contributed by atoms with E-state index in [4.69, 9.17) is 10.5 Å². The van der Waals surface area contributed by atoms with E-state index >= 15 is 0 Å². The molecule has 0 aliphatic rings. The van der Waals surface area contributed by atoms with Crippen LogP contribution in [0.5, 0.6) is 0 Å². The van der Waals surface area contributed by atoms with Crippen LogP contribution < -0.4 is 5.73 Å². The maximum absolute atomic E-state index is 11.6. The van der Waals surface area contributed by atoms with Crippen LogP contribution in [0.15, 0.2) is 12.2 Å². The van der Waals surface area contributed by atoms with Crippen LogP contribution in [0.2, 0.25) is 0 Å². The Morgan fingerprint density at radius 2 is 1.26 bits per heavy atom. The standard InChI is InChI=1S/C24H43NO5.Na.H/c1-3-4-5-6-7-8-9-10-11-12-13-14-15-16-17-18-22(26)30-23(27)20-19-21(25)24(28)29-2;;/h10-11,21H,3-9,12-20,25H2,1-2H3;;/b11-10-;;/t21-;;/m0../s1. The van der Waals surface area contributed by atoms with Gasteiger partial charge in [0.05, 0.1) is 7.11 Å². The van der Waals surface area contributed by atoms with Crippen LogP contribution in [-0.4, -0.2) is 60.6 Å². The minimum absolute atomic E-state index is 0. The zero-order valence-electron chi connectivity index (χ0n) is 19.2. The Morgan fingerprint density at radius 3 is 1.81 bits per heavy atom. The zero-order valence-corrected chi connectivity index (χ0v) is 19.2. The normalized spacial score (nSPS) is 11.7. The van der Waals surface area contributed by atoms with E-state index in [1.807, 2.05) is 0 Å². The van der Waals surface area contributed by atoms with Gasteiger partial charge in [-0.3, -0.25) is 14.4 Å². The van der Waals surface area contributed by atoms with Gasteiger partial charge in [0.2, 0.25) is 0 Å². The van der Waals surface area contributed by atoms with Crippen LogP contribution in [0.4, 0.5) is 0 Å². The van der Waals surface area contributed by atoms with E-state index in [9.17, 15) is 14.4 Å². The molecule has 0 aliphatic heterocycles. The number of rotatable bonds is 19. The molecule has 0 spiro atoms. The number of methoxy groups -OCH3 is 1. The first-order valence-corrected chi connectivity index (χ1v) is 11.7. The Balaban J connectivity index is 0. The van der Waals surface area contributed by atoms with Crippen molar-refractivity contribution >= 4 is 47.5 Å². The van der Waals surface area contributed by atoms with Crippen molar-refractivity contribution in [1.82, 2.24) is 0 Å². The molecule has 0 aromatic carbocycles. The van der Waals surface area contributed by atoms with Crippen molar-refractivity contribution in [3.8, 4) is 0 Å². The third-order valence-corrected chi connectivity index (χ3v) is 5.03. The Hall–Kier alpha value is -0.690. The van der Waals surface area contributed by atoms with Crippen molar-refractivity contribution in [2.24, 2.45) is 5.73 Å². The van der Waals surface area contributed by atoms with Crippen molar-refractivity contribution in [3.05, 3.63) is 12.2 Å². The number of nitrogens with two attached hydrogens (primary N) is 1. The topological polar surface area (TPSA) is 95.7 Å². The van der Waals surface area contributed by atoms with E-state index in [-0.39, 0.29) is 48.8 Å². The second kappa shape index (κ2) is 24.0. The summed E-state index contributed by atoms with van der Waals surface area (Å²) in [5.74, 6) is -1.74. The molecule has 0 radical (unpaired) electrons. The summed E-state index contributed by atoms with van der Waals surface area (Å²) in [6.07, 6.45) is 20.4. The molecule has 0 bridgehead atoms. The summed E-state index contributed by atoms with van der Waals surface area (Å²) in [5.41, 5.74) is 5.53. The van der Waals surface area contributed by atoms with E-state index in [0.717, 1.165) is 32.1 Å². The summed E-state index contributed by atoms with van der Waals surface area (Å²) in [4.78, 5) is 34.4. The molecule has 0 saturated carbocycles. The van der Waals surface area contributed by atoms with Crippen LogP contribution in [-0.2, 0) is 23.9 Å². The molecule has 0 aromatic rings. The Bertz CT molecular complexity index is 496. The van der Waals surface area contributed by atoms with Gasteiger partial charge in [-0.25, -0.2) is 0 Å². The van der Waals surface area contributed by atoms with Crippen LogP contribution in [0.3, 0.4) is 0 Å². The SMILES string of the molecule is CCCCCCCC/C=C\CCCCCCCC(=O)OC(=O)CC[C@H](N)C(=O)OC.[NaH]. The number of carbonyl (C=O) groups excluding carboxylic acids is 3. The predicted molar refractivity (Wildman–Crippen MR) is 127 cm³/mol. The average molecular weight is 450 g/mol. The number of carbonyl (C=O) groups is 3. The van der Waals surface area contributed by atoms with Gasteiger partial charge in [-0.05, 0) is 38.5 Å². The van der Waals surface area contributed by atoms with Crippen LogP contribution in [0.25, 0.3) is 0 Å². The molecule has 31 heavy (non-hydrogen) atoms. The van der Waals surface area contributed by atoms with Gasteiger partial charge >= 0.3 is 47.5 Å².